The molecule has 40 heavy (non-hydrogen) atoms. The van der Waals surface area contributed by atoms with Crippen LogP contribution in [0.4, 0.5) is 13.2 Å². The van der Waals surface area contributed by atoms with Gasteiger partial charge in [0.25, 0.3) is 0 Å². The fourth-order valence-electron chi connectivity index (χ4n) is 9.32. The van der Waals surface area contributed by atoms with Crippen molar-refractivity contribution in [2.24, 2.45) is 40.9 Å². The summed E-state index contributed by atoms with van der Waals surface area (Å²) >= 11 is 0. The summed E-state index contributed by atoms with van der Waals surface area (Å²) in [6.45, 7) is 4.16. The Bertz CT molecular complexity index is 1330. The molecule has 0 amide bonds. The second-order valence-corrected chi connectivity index (χ2v) is 13.3. The van der Waals surface area contributed by atoms with E-state index >= 15 is 0 Å². The third-order valence-electron chi connectivity index (χ3n) is 11.0. The largest absolute Gasteiger partial charge is 0.573 e. The Labute approximate surface area is 231 Å². The van der Waals surface area contributed by atoms with Crippen molar-refractivity contribution in [3.05, 3.63) is 41.1 Å². The van der Waals surface area contributed by atoms with Gasteiger partial charge in [-0.2, -0.15) is 9.78 Å². The van der Waals surface area contributed by atoms with E-state index < -0.39 is 23.4 Å². The number of aliphatic hydroxyl groups is 1. The van der Waals surface area contributed by atoms with Crippen LogP contribution in [-0.2, 0) is 11.3 Å². The van der Waals surface area contributed by atoms with Crippen molar-refractivity contribution in [3.8, 4) is 11.4 Å². The van der Waals surface area contributed by atoms with Crippen LogP contribution in [0.25, 0.3) is 5.69 Å². The number of nitrogens with zero attached hydrogens (tertiary/aromatic N) is 3. The lowest BCUT2D eigenvalue weighted by atomic mass is 9.49. The highest BCUT2D eigenvalue weighted by molar-refractivity contribution is 5.82. The van der Waals surface area contributed by atoms with Gasteiger partial charge in [0, 0.05) is 12.0 Å². The van der Waals surface area contributed by atoms with Gasteiger partial charge in [-0.15, -0.1) is 13.2 Å². The average Bonchev–Trinajstić information content (AvgIpc) is 3.41. The van der Waals surface area contributed by atoms with Gasteiger partial charge < -0.3 is 9.84 Å². The van der Waals surface area contributed by atoms with E-state index in [0.29, 0.717) is 29.6 Å². The number of benzene rings is 1. The Morgan fingerprint density at radius 1 is 1.07 bits per heavy atom. The Kier molecular flexibility index (Phi) is 6.71. The van der Waals surface area contributed by atoms with E-state index in [1.807, 2.05) is 6.92 Å². The van der Waals surface area contributed by atoms with E-state index in [0.717, 1.165) is 68.2 Å². The van der Waals surface area contributed by atoms with E-state index in [4.69, 9.17) is 0 Å². The maximum absolute atomic E-state index is 13.7. The second-order valence-electron chi connectivity index (χ2n) is 13.3. The van der Waals surface area contributed by atoms with Gasteiger partial charge in [0.05, 0.1) is 17.8 Å². The molecule has 1 aromatic heterocycles. The lowest BCUT2D eigenvalue weighted by molar-refractivity contribution is -0.274. The number of halogens is 3. The van der Waals surface area contributed by atoms with Crippen molar-refractivity contribution >= 4 is 5.78 Å². The zero-order chi connectivity index (χ0) is 28.4. The molecule has 218 valence electrons. The molecule has 4 aliphatic carbocycles. The highest BCUT2D eigenvalue weighted by atomic mass is 19.4. The molecule has 2 aromatic rings. The third-order valence-corrected chi connectivity index (χ3v) is 11.0. The van der Waals surface area contributed by atoms with Gasteiger partial charge in [-0.3, -0.25) is 9.36 Å². The van der Waals surface area contributed by atoms with Crippen molar-refractivity contribution < 1.29 is 27.8 Å². The number of alkyl halides is 3. The van der Waals surface area contributed by atoms with Gasteiger partial charge in [-0.05, 0) is 112 Å². The van der Waals surface area contributed by atoms with Crippen molar-refractivity contribution in [3.63, 3.8) is 0 Å². The van der Waals surface area contributed by atoms with Crippen LogP contribution >= 0.6 is 0 Å². The minimum Gasteiger partial charge on any atom is -0.406 e. The minimum atomic E-state index is -4.85. The Hall–Kier alpha value is -2.62. The Morgan fingerprint density at radius 2 is 1.85 bits per heavy atom. The highest BCUT2D eigenvalue weighted by Crippen LogP contribution is 2.64. The molecule has 4 fully saturated rings. The molecule has 1 heterocycles. The fraction of sp³-hybridized carbons (Fsp3) is 0.700. The molecule has 0 unspecified atom stereocenters. The van der Waals surface area contributed by atoms with Crippen LogP contribution in [0, 0.1) is 40.9 Å². The van der Waals surface area contributed by atoms with Crippen LogP contribution in [0.1, 0.15) is 71.6 Å². The van der Waals surface area contributed by atoms with Crippen molar-refractivity contribution in [1.29, 1.82) is 0 Å². The number of aromatic nitrogens is 3. The zero-order valence-electron chi connectivity index (χ0n) is 23.1. The Morgan fingerprint density at radius 3 is 2.62 bits per heavy atom. The van der Waals surface area contributed by atoms with Crippen molar-refractivity contribution in [2.45, 2.75) is 90.1 Å². The molecule has 0 saturated heterocycles. The number of fused-ring (bicyclic) bond motifs is 5. The van der Waals surface area contributed by atoms with Crippen molar-refractivity contribution in [2.75, 3.05) is 0 Å². The highest BCUT2D eigenvalue weighted by Gasteiger charge is 2.58. The normalized spacial score (nSPS) is 37.4. The summed E-state index contributed by atoms with van der Waals surface area (Å²) < 4.78 is 44.1. The van der Waals surface area contributed by atoms with Gasteiger partial charge in [0.15, 0.2) is 5.78 Å². The van der Waals surface area contributed by atoms with E-state index in [-0.39, 0.29) is 29.3 Å². The van der Waals surface area contributed by atoms with E-state index in [2.05, 4.69) is 16.8 Å². The van der Waals surface area contributed by atoms with Crippen LogP contribution in [0.5, 0.6) is 5.75 Å². The monoisotopic (exact) mass is 561 g/mol. The molecule has 8 atom stereocenters. The molecule has 0 aliphatic heterocycles. The topological polar surface area (TPSA) is 86.3 Å². The summed E-state index contributed by atoms with van der Waals surface area (Å²) in [6, 6.07) is 5.06. The van der Waals surface area contributed by atoms with Crippen LogP contribution in [0.3, 0.4) is 0 Å². The lowest BCUT2D eigenvalue weighted by Gasteiger charge is -2.56. The molecular formula is C30H38F3N3O4. The Balaban J connectivity index is 1.15. The van der Waals surface area contributed by atoms with Crippen LogP contribution in [-0.4, -0.2) is 37.2 Å². The number of Topliss-reactive ketones (excluding diaryl/α,β-unsaturated/α-hetero) is 1. The number of hydrogen-bond donors (Lipinski definition) is 1. The first-order valence-corrected chi connectivity index (χ1v) is 14.6. The summed E-state index contributed by atoms with van der Waals surface area (Å²) in [7, 11) is 0. The summed E-state index contributed by atoms with van der Waals surface area (Å²) in [6.07, 6.45) is 5.65. The molecule has 1 N–H and O–H groups in total. The van der Waals surface area contributed by atoms with Gasteiger partial charge in [0.2, 0.25) is 0 Å². The summed E-state index contributed by atoms with van der Waals surface area (Å²) in [5, 5.41) is 14.7. The van der Waals surface area contributed by atoms with Gasteiger partial charge >= 0.3 is 12.1 Å². The fourth-order valence-corrected chi connectivity index (χ4v) is 9.32. The zero-order valence-corrected chi connectivity index (χ0v) is 23.1. The number of carbonyl (C=O) groups excluding carboxylic acids is 1. The van der Waals surface area contributed by atoms with E-state index in [1.54, 1.807) is 0 Å². The van der Waals surface area contributed by atoms with Crippen LogP contribution < -0.4 is 10.4 Å². The van der Waals surface area contributed by atoms with Gasteiger partial charge in [-0.25, -0.2) is 4.79 Å². The number of hydrogen-bond acceptors (Lipinski definition) is 5. The van der Waals surface area contributed by atoms with Gasteiger partial charge in [-0.1, -0.05) is 13.0 Å². The molecule has 0 spiro atoms. The first kappa shape index (κ1) is 27.5. The molecule has 4 aliphatic rings. The maximum Gasteiger partial charge on any atom is 0.573 e. The molecule has 10 heteroatoms. The lowest BCUT2D eigenvalue weighted by Crippen LogP contribution is -2.51. The third kappa shape index (κ3) is 4.90. The molecule has 7 nitrogen and oxygen atoms in total. The maximum atomic E-state index is 13.7. The summed E-state index contributed by atoms with van der Waals surface area (Å²) in [4.78, 5) is 26.8. The smallest absolute Gasteiger partial charge is 0.406 e. The van der Waals surface area contributed by atoms with Crippen molar-refractivity contribution in [1.82, 2.24) is 14.3 Å². The number of rotatable bonds is 5. The van der Waals surface area contributed by atoms with E-state index in [1.165, 1.54) is 29.4 Å². The summed E-state index contributed by atoms with van der Waals surface area (Å²) in [5.41, 5.74) is -1.07. The number of ketones is 1. The minimum absolute atomic E-state index is 0.0293. The number of ether oxygens (including phenoxy) is 1. The molecule has 1 aromatic carbocycles. The standard InChI is InChI=1S/C30H38F3N3O4/c1-28(39)12-10-21-18(15-28)6-7-23-22(21)11-13-29(2)24(23)8-9-25(29)26(37)16-35-17-34-36(27(35)38)19-4-3-5-20(14-19)40-30(31,32)33/h3-5,14,17-18,21-25,39H,6-13,15-16H2,1-2H3/t18-,21+,22-,23-,24+,25-,28-,29+/m1/s1. The predicted octanol–water partition coefficient (Wildman–Crippen LogP) is 5.52. The number of carbonyl (C=O) groups is 1. The molecule has 0 bridgehead atoms. The molecule has 6 rings (SSSR count). The second kappa shape index (κ2) is 9.74. The van der Waals surface area contributed by atoms with Crippen LogP contribution in [0.15, 0.2) is 35.4 Å². The van der Waals surface area contributed by atoms with Crippen LogP contribution in [0.2, 0.25) is 0 Å². The molecule has 0 radical (unpaired) electrons. The van der Waals surface area contributed by atoms with Gasteiger partial charge in [0.1, 0.15) is 12.1 Å². The summed E-state index contributed by atoms with van der Waals surface area (Å²) in [5.74, 6) is 2.55. The quantitative estimate of drug-likeness (QED) is 0.520. The van der Waals surface area contributed by atoms with E-state index in [9.17, 15) is 27.9 Å². The molecule has 4 saturated carbocycles. The first-order chi connectivity index (χ1) is 18.8. The first-order valence-electron chi connectivity index (χ1n) is 14.6. The SMILES string of the molecule is C[C@@]1(O)CC[C@H]2[C@H](CC[C@@H]3[C@@H]2CC[C@]2(C)[C@@H](C(=O)Cn4cnn(-c5cccc(OC(F)(F)F)c5)c4=O)CC[C@@H]32)C1. The predicted molar refractivity (Wildman–Crippen MR) is 141 cm³/mol. The molecular weight excluding hydrogens is 523 g/mol. The average molecular weight is 562 g/mol.